The van der Waals surface area contributed by atoms with Crippen LogP contribution in [0.1, 0.15) is 31.2 Å². The first-order valence-electron chi connectivity index (χ1n) is 8.63. The highest BCUT2D eigenvalue weighted by Gasteiger charge is 2.26. The molecule has 0 aromatic heterocycles. The summed E-state index contributed by atoms with van der Waals surface area (Å²) in [4.78, 5) is 23.3. The normalized spacial score (nSPS) is 19.2. The Morgan fingerprint density at radius 1 is 1.04 bits per heavy atom. The minimum atomic E-state index is -1.82. The van der Waals surface area contributed by atoms with Crippen molar-refractivity contribution < 1.29 is 24.2 Å². The highest BCUT2D eigenvalue weighted by atomic mass is 19.1. The van der Waals surface area contributed by atoms with Gasteiger partial charge in [0.25, 0.3) is 0 Å². The molecular formula is C18H25FN2O4. The quantitative estimate of drug-likeness (QED) is 0.811. The molecule has 0 spiro atoms. The van der Waals surface area contributed by atoms with E-state index in [4.69, 9.17) is 19.8 Å². The Labute approximate surface area is 146 Å². The van der Waals surface area contributed by atoms with Crippen LogP contribution >= 0.6 is 0 Å². The first kappa shape index (κ1) is 19.3. The number of piperidine rings is 1. The van der Waals surface area contributed by atoms with Crippen molar-refractivity contribution in [3.63, 3.8) is 0 Å². The van der Waals surface area contributed by atoms with Crippen molar-refractivity contribution in [3.05, 3.63) is 35.6 Å². The van der Waals surface area contributed by atoms with E-state index in [1.807, 2.05) is 12.1 Å². The molecule has 0 atom stereocenters. The Bertz CT molecular complexity index is 570. The number of benzene rings is 1. The summed E-state index contributed by atoms with van der Waals surface area (Å²) in [5.41, 5.74) is 1.10. The molecule has 7 heteroatoms. The zero-order chi connectivity index (χ0) is 18.2. The first-order valence-corrected chi connectivity index (χ1v) is 8.63. The fourth-order valence-electron chi connectivity index (χ4n) is 3.44. The Morgan fingerprint density at radius 3 is 2.16 bits per heavy atom. The van der Waals surface area contributed by atoms with Crippen molar-refractivity contribution in [1.82, 2.24) is 9.80 Å². The number of aliphatic carboxylic acids is 2. The van der Waals surface area contributed by atoms with Crippen LogP contribution in [0.25, 0.3) is 0 Å². The third-order valence-electron chi connectivity index (χ3n) is 4.69. The Kier molecular flexibility index (Phi) is 7.33. The maximum atomic E-state index is 13.2. The summed E-state index contributed by atoms with van der Waals surface area (Å²) in [7, 11) is 0. The molecule has 2 N–H and O–H groups in total. The molecule has 2 fully saturated rings. The van der Waals surface area contributed by atoms with Crippen molar-refractivity contribution in [2.45, 2.75) is 38.3 Å². The van der Waals surface area contributed by atoms with Crippen molar-refractivity contribution in [2.75, 3.05) is 26.2 Å². The highest BCUT2D eigenvalue weighted by molar-refractivity contribution is 6.27. The van der Waals surface area contributed by atoms with Gasteiger partial charge >= 0.3 is 11.9 Å². The monoisotopic (exact) mass is 352 g/mol. The largest absolute Gasteiger partial charge is 0.473 e. The second kappa shape index (κ2) is 9.48. The molecule has 0 radical (unpaired) electrons. The van der Waals surface area contributed by atoms with E-state index < -0.39 is 11.9 Å². The van der Waals surface area contributed by atoms with Gasteiger partial charge in [-0.05, 0) is 69.6 Å². The van der Waals surface area contributed by atoms with Crippen LogP contribution in [0.2, 0.25) is 0 Å². The molecule has 0 bridgehead atoms. The number of carboxylic acid groups (broad SMARTS) is 2. The molecule has 6 nitrogen and oxygen atoms in total. The molecule has 0 aliphatic carbocycles. The van der Waals surface area contributed by atoms with Crippen LogP contribution < -0.4 is 0 Å². The van der Waals surface area contributed by atoms with E-state index >= 15 is 0 Å². The van der Waals surface area contributed by atoms with E-state index in [2.05, 4.69) is 9.80 Å². The van der Waals surface area contributed by atoms with Gasteiger partial charge in [0.15, 0.2) is 0 Å². The van der Waals surface area contributed by atoms with Gasteiger partial charge in [0.1, 0.15) is 5.82 Å². The van der Waals surface area contributed by atoms with Gasteiger partial charge in [0.05, 0.1) is 0 Å². The van der Waals surface area contributed by atoms with E-state index in [1.165, 1.54) is 44.8 Å². The smallest absolute Gasteiger partial charge is 0.414 e. The Balaban J connectivity index is 0.000000326. The van der Waals surface area contributed by atoms with Crippen LogP contribution in [0, 0.1) is 5.82 Å². The molecule has 0 saturated carbocycles. The molecule has 25 heavy (non-hydrogen) atoms. The molecule has 0 amide bonds. The van der Waals surface area contributed by atoms with Gasteiger partial charge in [-0.25, -0.2) is 14.0 Å². The number of hydrogen-bond donors (Lipinski definition) is 2. The summed E-state index contributed by atoms with van der Waals surface area (Å²) in [5, 5.41) is 14.8. The topological polar surface area (TPSA) is 81.1 Å². The number of likely N-dealkylation sites (tertiary alicyclic amines) is 2. The molecule has 2 aliphatic heterocycles. The molecule has 1 aromatic rings. The van der Waals surface area contributed by atoms with Crippen molar-refractivity contribution in [2.24, 2.45) is 0 Å². The average Bonchev–Trinajstić information content (AvgIpc) is 3.10. The molecular weight excluding hydrogens is 327 g/mol. The second-order valence-corrected chi connectivity index (χ2v) is 6.49. The summed E-state index contributed by atoms with van der Waals surface area (Å²) >= 11 is 0. The second-order valence-electron chi connectivity index (χ2n) is 6.49. The van der Waals surface area contributed by atoms with E-state index in [1.54, 1.807) is 6.07 Å². The zero-order valence-corrected chi connectivity index (χ0v) is 14.2. The molecule has 0 unspecified atom stereocenters. The predicted octanol–water partition coefficient (Wildman–Crippen LogP) is 2.04. The number of rotatable bonds is 3. The van der Waals surface area contributed by atoms with E-state index in [-0.39, 0.29) is 5.82 Å². The number of nitrogens with zero attached hydrogens (tertiary/aromatic N) is 2. The van der Waals surface area contributed by atoms with Gasteiger partial charge in [-0.3, -0.25) is 4.90 Å². The molecule has 2 heterocycles. The number of hydrogen-bond acceptors (Lipinski definition) is 4. The lowest BCUT2D eigenvalue weighted by Crippen LogP contribution is -2.43. The third-order valence-corrected chi connectivity index (χ3v) is 4.69. The van der Waals surface area contributed by atoms with Crippen LogP contribution in [-0.2, 0) is 16.1 Å². The number of carboxylic acids is 2. The van der Waals surface area contributed by atoms with Gasteiger partial charge in [-0.1, -0.05) is 12.1 Å². The maximum Gasteiger partial charge on any atom is 0.414 e. The van der Waals surface area contributed by atoms with Crippen LogP contribution in [0.3, 0.4) is 0 Å². The molecule has 138 valence electrons. The summed E-state index contributed by atoms with van der Waals surface area (Å²) < 4.78 is 13.2. The van der Waals surface area contributed by atoms with Crippen molar-refractivity contribution >= 4 is 11.9 Å². The summed E-state index contributed by atoms with van der Waals surface area (Å²) in [5.74, 6) is -3.77. The van der Waals surface area contributed by atoms with E-state index in [9.17, 15) is 4.39 Å². The lowest BCUT2D eigenvalue weighted by Gasteiger charge is -2.36. The van der Waals surface area contributed by atoms with Crippen LogP contribution in [0.5, 0.6) is 0 Å². The maximum absolute atomic E-state index is 13.2. The minimum absolute atomic E-state index is 0.121. The van der Waals surface area contributed by atoms with E-state index in [0.717, 1.165) is 31.2 Å². The fourth-order valence-corrected chi connectivity index (χ4v) is 3.44. The van der Waals surface area contributed by atoms with Crippen LogP contribution in [0.15, 0.2) is 24.3 Å². The summed E-state index contributed by atoms with van der Waals surface area (Å²) in [6.07, 6.45) is 5.30. The van der Waals surface area contributed by atoms with Crippen LogP contribution in [0.4, 0.5) is 4.39 Å². The third kappa shape index (κ3) is 6.43. The first-order chi connectivity index (χ1) is 12.0. The fraction of sp³-hybridized carbons (Fsp3) is 0.556. The molecule has 1 aromatic carbocycles. The van der Waals surface area contributed by atoms with Gasteiger partial charge in [-0.2, -0.15) is 0 Å². The predicted molar refractivity (Wildman–Crippen MR) is 90.8 cm³/mol. The van der Waals surface area contributed by atoms with Crippen molar-refractivity contribution in [1.29, 1.82) is 0 Å². The lowest BCUT2D eigenvalue weighted by molar-refractivity contribution is -0.159. The molecule has 3 rings (SSSR count). The summed E-state index contributed by atoms with van der Waals surface area (Å²) in [6.45, 7) is 5.79. The summed E-state index contributed by atoms with van der Waals surface area (Å²) in [6, 6.07) is 7.80. The minimum Gasteiger partial charge on any atom is -0.473 e. The van der Waals surface area contributed by atoms with E-state index in [0.29, 0.717) is 0 Å². The standard InChI is InChI=1S/C16H23FN2.C2H2O4/c17-15-5-3-4-14(12-15)13-18-10-6-16(7-11-18)19-8-1-2-9-19;3-1(4)2(5)6/h3-5,12,16H,1-2,6-11,13H2;(H,3,4)(H,5,6). The van der Waals surface area contributed by atoms with Crippen LogP contribution in [-0.4, -0.2) is 64.2 Å². The Morgan fingerprint density at radius 2 is 1.64 bits per heavy atom. The average molecular weight is 352 g/mol. The molecule has 2 aliphatic rings. The lowest BCUT2D eigenvalue weighted by atomic mass is 10.0. The number of carbonyl (C=O) groups is 2. The van der Waals surface area contributed by atoms with Gasteiger partial charge in [0.2, 0.25) is 0 Å². The molecule has 2 saturated heterocycles. The SMILES string of the molecule is Fc1cccc(CN2CCC(N3CCCC3)CC2)c1.O=C(O)C(=O)O. The van der Waals surface area contributed by atoms with Gasteiger partial charge < -0.3 is 15.1 Å². The van der Waals surface area contributed by atoms with Gasteiger partial charge in [-0.15, -0.1) is 0 Å². The van der Waals surface area contributed by atoms with Gasteiger partial charge in [0, 0.05) is 12.6 Å². The number of halogens is 1. The highest BCUT2D eigenvalue weighted by Crippen LogP contribution is 2.22. The Hall–Kier alpha value is -1.99. The van der Waals surface area contributed by atoms with Crippen molar-refractivity contribution in [3.8, 4) is 0 Å². The zero-order valence-electron chi connectivity index (χ0n) is 14.2.